The lowest BCUT2D eigenvalue weighted by molar-refractivity contribution is 1.19. The van der Waals surface area contributed by atoms with Gasteiger partial charge in [-0.05, 0) is 48.7 Å². The van der Waals surface area contributed by atoms with Crippen LogP contribution >= 0.6 is 11.8 Å². The monoisotopic (exact) mass is 254 g/mol. The van der Waals surface area contributed by atoms with Gasteiger partial charge in [0.05, 0.1) is 0 Å². The maximum Gasteiger partial charge on any atom is 0.144 e. The van der Waals surface area contributed by atoms with E-state index >= 15 is 0 Å². The summed E-state index contributed by atoms with van der Waals surface area (Å²) in [6.07, 6.45) is 1.66. The van der Waals surface area contributed by atoms with Crippen molar-refractivity contribution >= 4 is 11.8 Å². The highest BCUT2D eigenvalue weighted by Crippen LogP contribution is 2.25. The number of nitrogens with zero attached hydrogens (tertiary/aromatic N) is 2. The molecule has 0 unspecified atom stereocenters. The number of rotatable bonds is 3. The summed E-state index contributed by atoms with van der Waals surface area (Å²) >= 11 is 1.73. The summed E-state index contributed by atoms with van der Waals surface area (Å²) in [5.41, 5.74) is 4.11. The van der Waals surface area contributed by atoms with E-state index in [1.807, 2.05) is 12.1 Å². The number of benzene rings is 1. The average molecular weight is 254 g/mol. The molecule has 2 rings (SSSR count). The Morgan fingerprint density at radius 2 is 2.06 bits per heavy atom. The normalized spacial score (nSPS) is 10.1. The summed E-state index contributed by atoms with van der Waals surface area (Å²) in [6, 6.07) is 12.4. The fourth-order valence-electron chi connectivity index (χ4n) is 1.62. The van der Waals surface area contributed by atoms with Crippen LogP contribution in [0.2, 0.25) is 0 Å². The average Bonchev–Trinajstić information content (AvgIpc) is 2.40. The zero-order valence-corrected chi connectivity index (χ0v) is 11.3. The lowest BCUT2D eigenvalue weighted by Gasteiger charge is -2.06. The standard InChI is InChI=1S/C15H14N2S/c1-11-5-6-14(8-12(11)2)18-10-13-4-3-7-17-15(13)9-16/h3-8H,10H2,1-2H3. The molecule has 0 aliphatic heterocycles. The van der Waals surface area contributed by atoms with Crippen molar-refractivity contribution in [2.45, 2.75) is 24.5 Å². The SMILES string of the molecule is Cc1ccc(SCc2cccnc2C#N)cc1C. The van der Waals surface area contributed by atoms with E-state index < -0.39 is 0 Å². The van der Waals surface area contributed by atoms with Gasteiger partial charge in [0.25, 0.3) is 0 Å². The molecule has 0 radical (unpaired) electrons. The van der Waals surface area contributed by atoms with E-state index in [2.05, 4.69) is 43.1 Å². The smallest absolute Gasteiger partial charge is 0.144 e. The second-order valence-corrected chi connectivity index (χ2v) is 5.21. The molecule has 0 atom stereocenters. The first-order chi connectivity index (χ1) is 8.70. The molecule has 18 heavy (non-hydrogen) atoms. The Morgan fingerprint density at radius 1 is 1.22 bits per heavy atom. The van der Waals surface area contributed by atoms with Crippen molar-refractivity contribution in [3.05, 3.63) is 58.9 Å². The van der Waals surface area contributed by atoms with E-state index in [1.165, 1.54) is 16.0 Å². The van der Waals surface area contributed by atoms with Gasteiger partial charge in [-0.2, -0.15) is 5.26 Å². The molecule has 2 nitrogen and oxygen atoms in total. The molecule has 0 aliphatic rings. The third-order valence-corrected chi connectivity index (χ3v) is 3.91. The van der Waals surface area contributed by atoms with Crippen molar-refractivity contribution in [1.29, 1.82) is 5.26 Å². The predicted octanol–water partition coefficient (Wildman–Crippen LogP) is 3.86. The quantitative estimate of drug-likeness (QED) is 0.780. The summed E-state index contributed by atoms with van der Waals surface area (Å²) in [5, 5.41) is 8.97. The minimum absolute atomic E-state index is 0.522. The zero-order chi connectivity index (χ0) is 13.0. The lowest BCUT2D eigenvalue weighted by atomic mass is 10.1. The number of hydrogen-bond acceptors (Lipinski definition) is 3. The van der Waals surface area contributed by atoms with Gasteiger partial charge >= 0.3 is 0 Å². The van der Waals surface area contributed by atoms with Gasteiger partial charge in [0.1, 0.15) is 11.8 Å². The molecule has 0 saturated carbocycles. The van der Waals surface area contributed by atoms with Crippen molar-refractivity contribution < 1.29 is 0 Å². The van der Waals surface area contributed by atoms with E-state index in [0.717, 1.165) is 11.3 Å². The van der Waals surface area contributed by atoms with Crippen molar-refractivity contribution in [3.63, 3.8) is 0 Å². The fraction of sp³-hybridized carbons (Fsp3) is 0.200. The van der Waals surface area contributed by atoms with Crippen LogP contribution in [0.4, 0.5) is 0 Å². The Balaban J connectivity index is 2.12. The summed E-state index contributed by atoms with van der Waals surface area (Å²) in [5.74, 6) is 0.777. The van der Waals surface area contributed by atoms with Crippen LogP contribution in [0.1, 0.15) is 22.4 Å². The molecule has 0 spiro atoms. The number of nitriles is 1. The van der Waals surface area contributed by atoms with Crippen LogP contribution in [0.5, 0.6) is 0 Å². The third-order valence-electron chi connectivity index (χ3n) is 2.87. The van der Waals surface area contributed by atoms with Gasteiger partial charge < -0.3 is 0 Å². The molecule has 0 amide bonds. The second-order valence-electron chi connectivity index (χ2n) is 4.16. The van der Waals surface area contributed by atoms with Crippen LogP contribution in [-0.4, -0.2) is 4.98 Å². The van der Waals surface area contributed by atoms with Crippen LogP contribution in [0.3, 0.4) is 0 Å². The minimum atomic E-state index is 0.522. The van der Waals surface area contributed by atoms with Gasteiger partial charge in [0, 0.05) is 16.8 Å². The first-order valence-corrected chi connectivity index (χ1v) is 6.73. The van der Waals surface area contributed by atoms with Gasteiger partial charge in [0.2, 0.25) is 0 Å². The molecule has 0 fully saturated rings. The van der Waals surface area contributed by atoms with E-state index in [-0.39, 0.29) is 0 Å². The Hall–Kier alpha value is -1.79. The van der Waals surface area contributed by atoms with E-state index in [1.54, 1.807) is 18.0 Å². The number of aryl methyl sites for hydroxylation is 2. The summed E-state index contributed by atoms with van der Waals surface area (Å²) in [4.78, 5) is 5.29. The molecule has 1 aromatic heterocycles. The molecule has 1 heterocycles. The van der Waals surface area contributed by atoms with Crippen LogP contribution in [0.15, 0.2) is 41.4 Å². The Kier molecular flexibility index (Phi) is 4.01. The Bertz CT molecular complexity index is 600. The second kappa shape index (κ2) is 5.70. The Morgan fingerprint density at radius 3 is 2.78 bits per heavy atom. The highest BCUT2D eigenvalue weighted by atomic mass is 32.2. The zero-order valence-electron chi connectivity index (χ0n) is 10.5. The van der Waals surface area contributed by atoms with Gasteiger partial charge in [0.15, 0.2) is 0 Å². The summed E-state index contributed by atoms with van der Waals surface area (Å²) in [6.45, 7) is 4.23. The van der Waals surface area contributed by atoms with Crippen molar-refractivity contribution in [3.8, 4) is 6.07 Å². The summed E-state index contributed by atoms with van der Waals surface area (Å²) in [7, 11) is 0. The van der Waals surface area contributed by atoms with Crippen molar-refractivity contribution in [2.75, 3.05) is 0 Å². The summed E-state index contributed by atoms with van der Waals surface area (Å²) < 4.78 is 0. The largest absolute Gasteiger partial charge is 0.245 e. The fourth-order valence-corrected chi connectivity index (χ4v) is 2.60. The molecule has 3 heteroatoms. The first-order valence-electron chi connectivity index (χ1n) is 5.75. The molecular weight excluding hydrogens is 240 g/mol. The highest BCUT2D eigenvalue weighted by molar-refractivity contribution is 7.98. The molecule has 2 aromatic rings. The van der Waals surface area contributed by atoms with Crippen LogP contribution in [-0.2, 0) is 5.75 Å². The number of aromatic nitrogens is 1. The first kappa shape index (κ1) is 12.7. The number of pyridine rings is 1. The van der Waals surface area contributed by atoms with Crippen molar-refractivity contribution in [2.24, 2.45) is 0 Å². The molecule has 0 aliphatic carbocycles. The minimum Gasteiger partial charge on any atom is -0.245 e. The molecule has 0 saturated heterocycles. The lowest BCUT2D eigenvalue weighted by Crippen LogP contribution is -1.90. The van der Waals surface area contributed by atoms with Crippen molar-refractivity contribution in [1.82, 2.24) is 4.98 Å². The van der Waals surface area contributed by atoms with Gasteiger partial charge in [-0.25, -0.2) is 4.98 Å². The topological polar surface area (TPSA) is 36.7 Å². The predicted molar refractivity (Wildman–Crippen MR) is 74.4 cm³/mol. The molecule has 90 valence electrons. The molecule has 0 bridgehead atoms. The van der Waals surface area contributed by atoms with Gasteiger partial charge in [-0.1, -0.05) is 12.1 Å². The maximum atomic E-state index is 8.97. The van der Waals surface area contributed by atoms with Crippen LogP contribution in [0.25, 0.3) is 0 Å². The number of thioether (sulfide) groups is 1. The van der Waals surface area contributed by atoms with E-state index in [9.17, 15) is 0 Å². The molecule has 1 aromatic carbocycles. The van der Waals surface area contributed by atoms with Gasteiger partial charge in [-0.15, -0.1) is 11.8 Å². The van der Waals surface area contributed by atoms with Crippen LogP contribution < -0.4 is 0 Å². The number of hydrogen-bond donors (Lipinski definition) is 0. The van der Waals surface area contributed by atoms with Crippen LogP contribution in [0, 0.1) is 25.2 Å². The van der Waals surface area contributed by atoms with E-state index in [4.69, 9.17) is 5.26 Å². The third kappa shape index (κ3) is 2.91. The molecular formula is C15H14N2S. The highest BCUT2D eigenvalue weighted by Gasteiger charge is 2.03. The van der Waals surface area contributed by atoms with Gasteiger partial charge in [-0.3, -0.25) is 0 Å². The van der Waals surface area contributed by atoms with E-state index in [0.29, 0.717) is 5.69 Å². The Labute approximate surface area is 112 Å². The molecule has 0 N–H and O–H groups in total. The maximum absolute atomic E-state index is 8.97.